The Morgan fingerprint density at radius 3 is 3.05 bits per heavy atom. The summed E-state index contributed by atoms with van der Waals surface area (Å²) < 4.78 is 15.3. The molecule has 0 aliphatic carbocycles. The van der Waals surface area contributed by atoms with Gasteiger partial charge in [0.05, 0.1) is 25.0 Å². The molecule has 7 heteroatoms. The first-order chi connectivity index (χ1) is 9.20. The standard InChI is InChI=1S/C12H14N2O4S/c1-8(12(15)16-2)6-19-7-10-13-14-11(18-10)9-4-3-5-17-9/h3-5,8H,6-7H2,1-2H3. The normalized spacial score (nSPS) is 12.3. The fourth-order valence-corrected chi connectivity index (χ4v) is 2.30. The topological polar surface area (TPSA) is 78.4 Å². The lowest BCUT2D eigenvalue weighted by molar-refractivity contribution is -0.143. The van der Waals surface area contributed by atoms with Crippen molar-refractivity contribution in [1.29, 1.82) is 0 Å². The Morgan fingerprint density at radius 1 is 1.53 bits per heavy atom. The second-order valence-corrected chi connectivity index (χ2v) is 4.95. The quantitative estimate of drug-likeness (QED) is 0.752. The van der Waals surface area contributed by atoms with Gasteiger partial charge in [0.15, 0.2) is 5.76 Å². The highest BCUT2D eigenvalue weighted by Crippen LogP contribution is 2.21. The Bertz CT molecular complexity index is 524. The third kappa shape index (κ3) is 3.60. The van der Waals surface area contributed by atoms with E-state index >= 15 is 0 Å². The minimum Gasteiger partial charge on any atom is -0.469 e. The van der Waals surface area contributed by atoms with Gasteiger partial charge in [-0.2, -0.15) is 11.8 Å². The van der Waals surface area contributed by atoms with E-state index in [1.165, 1.54) is 7.11 Å². The molecule has 1 atom stereocenters. The van der Waals surface area contributed by atoms with Crippen molar-refractivity contribution in [3.63, 3.8) is 0 Å². The lowest BCUT2D eigenvalue weighted by Gasteiger charge is -2.06. The van der Waals surface area contributed by atoms with Crippen molar-refractivity contribution in [1.82, 2.24) is 10.2 Å². The van der Waals surface area contributed by atoms with E-state index in [1.54, 1.807) is 30.2 Å². The summed E-state index contributed by atoms with van der Waals surface area (Å²) in [6.07, 6.45) is 1.55. The predicted molar refractivity (Wildman–Crippen MR) is 69.3 cm³/mol. The van der Waals surface area contributed by atoms with Gasteiger partial charge in [0, 0.05) is 5.75 Å². The van der Waals surface area contributed by atoms with Gasteiger partial charge in [-0.25, -0.2) is 0 Å². The number of hydrogen-bond acceptors (Lipinski definition) is 7. The molecule has 2 aromatic heterocycles. The molecule has 0 fully saturated rings. The van der Waals surface area contributed by atoms with Crippen molar-refractivity contribution >= 4 is 17.7 Å². The maximum Gasteiger partial charge on any atom is 0.309 e. The van der Waals surface area contributed by atoms with Crippen LogP contribution in [0, 0.1) is 5.92 Å². The van der Waals surface area contributed by atoms with Gasteiger partial charge in [-0.15, -0.1) is 10.2 Å². The molecule has 2 aromatic rings. The van der Waals surface area contributed by atoms with Crippen LogP contribution in [0.25, 0.3) is 11.7 Å². The number of esters is 1. The number of ether oxygens (including phenoxy) is 1. The summed E-state index contributed by atoms with van der Waals surface area (Å²) in [6, 6.07) is 3.51. The molecular formula is C12H14N2O4S. The first-order valence-electron chi connectivity index (χ1n) is 5.72. The largest absolute Gasteiger partial charge is 0.469 e. The molecule has 0 spiro atoms. The molecule has 0 N–H and O–H groups in total. The zero-order valence-corrected chi connectivity index (χ0v) is 11.5. The number of nitrogens with zero attached hydrogens (tertiary/aromatic N) is 2. The molecular weight excluding hydrogens is 268 g/mol. The zero-order chi connectivity index (χ0) is 13.7. The summed E-state index contributed by atoms with van der Waals surface area (Å²) in [5.74, 6) is 2.25. The van der Waals surface area contributed by atoms with E-state index in [1.807, 2.05) is 6.92 Å². The van der Waals surface area contributed by atoms with Crippen molar-refractivity contribution in [2.75, 3.05) is 12.9 Å². The fourth-order valence-electron chi connectivity index (χ4n) is 1.40. The van der Waals surface area contributed by atoms with Gasteiger partial charge >= 0.3 is 5.97 Å². The van der Waals surface area contributed by atoms with Crippen LogP contribution in [0.1, 0.15) is 12.8 Å². The van der Waals surface area contributed by atoms with Crippen LogP contribution in [-0.2, 0) is 15.3 Å². The highest BCUT2D eigenvalue weighted by molar-refractivity contribution is 7.98. The maximum absolute atomic E-state index is 11.2. The Kier molecular flexibility index (Phi) is 4.62. The Balaban J connectivity index is 1.83. The first-order valence-corrected chi connectivity index (χ1v) is 6.88. The molecule has 0 radical (unpaired) electrons. The van der Waals surface area contributed by atoms with Crippen molar-refractivity contribution in [2.24, 2.45) is 5.92 Å². The number of carbonyl (C=O) groups excluding carboxylic acids is 1. The number of aromatic nitrogens is 2. The summed E-state index contributed by atoms with van der Waals surface area (Å²) in [7, 11) is 1.39. The Morgan fingerprint density at radius 2 is 2.37 bits per heavy atom. The molecule has 102 valence electrons. The Hall–Kier alpha value is -1.76. The molecule has 0 bridgehead atoms. The number of furan rings is 1. The van der Waals surface area contributed by atoms with Gasteiger partial charge in [0.2, 0.25) is 5.89 Å². The summed E-state index contributed by atoms with van der Waals surface area (Å²) in [6.45, 7) is 1.82. The third-order valence-corrected chi connectivity index (χ3v) is 3.58. The highest BCUT2D eigenvalue weighted by Gasteiger charge is 2.15. The SMILES string of the molecule is COC(=O)C(C)CSCc1nnc(-c2ccco2)o1. The van der Waals surface area contributed by atoms with Crippen LogP contribution in [0.15, 0.2) is 27.2 Å². The van der Waals surface area contributed by atoms with E-state index in [2.05, 4.69) is 14.9 Å². The van der Waals surface area contributed by atoms with Crippen LogP contribution in [0.4, 0.5) is 0 Å². The van der Waals surface area contributed by atoms with E-state index in [4.69, 9.17) is 8.83 Å². The van der Waals surface area contributed by atoms with Crippen LogP contribution in [-0.4, -0.2) is 29.0 Å². The molecule has 19 heavy (non-hydrogen) atoms. The van der Waals surface area contributed by atoms with E-state index in [0.29, 0.717) is 29.0 Å². The van der Waals surface area contributed by atoms with Crippen LogP contribution < -0.4 is 0 Å². The van der Waals surface area contributed by atoms with E-state index in [9.17, 15) is 4.79 Å². The molecule has 6 nitrogen and oxygen atoms in total. The molecule has 0 aliphatic heterocycles. The summed E-state index contributed by atoms with van der Waals surface area (Å²) in [5.41, 5.74) is 0. The first kappa shape index (κ1) is 13.7. The van der Waals surface area contributed by atoms with Gasteiger partial charge in [0.25, 0.3) is 5.89 Å². The highest BCUT2D eigenvalue weighted by atomic mass is 32.2. The average molecular weight is 282 g/mol. The molecule has 2 heterocycles. The summed E-state index contributed by atoms with van der Waals surface area (Å²) in [4.78, 5) is 11.2. The minimum atomic E-state index is -0.214. The third-order valence-electron chi connectivity index (χ3n) is 2.40. The monoisotopic (exact) mass is 282 g/mol. The minimum absolute atomic E-state index is 0.150. The van der Waals surface area contributed by atoms with Gasteiger partial charge in [-0.1, -0.05) is 6.92 Å². The number of rotatable bonds is 6. The maximum atomic E-state index is 11.2. The van der Waals surface area contributed by atoms with E-state index in [0.717, 1.165) is 0 Å². The second kappa shape index (κ2) is 6.42. The zero-order valence-electron chi connectivity index (χ0n) is 10.7. The number of hydrogen-bond donors (Lipinski definition) is 0. The van der Waals surface area contributed by atoms with Crippen LogP contribution in [0.2, 0.25) is 0 Å². The van der Waals surface area contributed by atoms with Gasteiger partial charge in [-0.3, -0.25) is 4.79 Å². The average Bonchev–Trinajstić information content (AvgIpc) is 3.07. The molecule has 0 amide bonds. The molecule has 0 aliphatic rings. The van der Waals surface area contributed by atoms with Crippen LogP contribution >= 0.6 is 11.8 Å². The smallest absolute Gasteiger partial charge is 0.309 e. The second-order valence-electron chi connectivity index (χ2n) is 3.92. The summed E-state index contributed by atoms with van der Waals surface area (Å²) >= 11 is 1.54. The van der Waals surface area contributed by atoms with Crippen molar-refractivity contribution in [3.05, 3.63) is 24.3 Å². The van der Waals surface area contributed by atoms with E-state index in [-0.39, 0.29) is 11.9 Å². The molecule has 1 unspecified atom stereocenters. The number of thioether (sulfide) groups is 1. The van der Waals surface area contributed by atoms with Crippen LogP contribution in [0.3, 0.4) is 0 Å². The molecule has 0 saturated heterocycles. The number of methoxy groups -OCH3 is 1. The van der Waals surface area contributed by atoms with Gasteiger partial charge in [0.1, 0.15) is 0 Å². The van der Waals surface area contributed by atoms with Gasteiger partial charge in [-0.05, 0) is 12.1 Å². The lowest BCUT2D eigenvalue weighted by Crippen LogP contribution is -2.14. The van der Waals surface area contributed by atoms with Crippen molar-refractivity contribution in [2.45, 2.75) is 12.7 Å². The molecule has 0 aromatic carbocycles. The lowest BCUT2D eigenvalue weighted by atomic mass is 10.2. The van der Waals surface area contributed by atoms with Crippen molar-refractivity contribution < 1.29 is 18.4 Å². The van der Waals surface area contributed by atoms with Crippen molar-refractivity contribution in [3.8, 4) is 11.7 Å². The molecule has 0 saturated carbocycles. The van der Waals surface area contributed by atoms with Crippen LogP contribution in [0.5, 0.6) is 0 Å². The fraction of sp³-hybridized carbons (Fsp3) is 0.417. The summed E-state index contributed by atoms with van der Waals surface area (Å²) in [5, 5.41) is 7.81. The predicted octanol–water partition coefficient (Wildman–Crippen LogP) is 2.37. The Labute approximate surface area is 114 Å². The van der Waals surface area contributed by atoms with Gasteiger partial charge < -0.3 is 13.6 Å². The number of carbonyl (C=O) groups is 1. The van der Waals surface area contributed by atoms with E-state index < -0.39 is 0 Å². The molecule has 2 rings (SSSR count).